The molecular weight excluding hydrogens is 240 g/mol. The molecule has 5 heteroatoms. The first-order chi connectivity index (χ1) is 8.93. The van der Waals surface area contributed by atoms with Gasteiger partial charge in [-0.05, 0) is 13.3 Å². The van der Waals surface area contributed by atoms with Gasteiger partial charge in [0.15, 0.2) is 0 Å². The normalized spacial score (nSPS) is 12.6. The van der Waals surface area contributed by atoms with Crippen LogP contribution in [0.15, 0.2) is 6.07 Å². The fourth-order valence-electron chi connectivity index (χ4n) is 1.74. The summed E-state index contributed by atoms with van der Waals surface area (Å²) in [7, 11) is 1.93. The summed E-state index contributed by atoms with van der Waals surface area (Å²) >= 11 is 0. The van der Waals surface area contributed by atoms with E-state index >= 15 is 0 Å². The molecule has 1 heterocycles. The smallest absolute Gasteiger partial charge is 0.135 e. The van der Waals surface area contributed by atoms with Gasteiger partial charge in [-0.3, -0.25) is 0 Å². The zero-order valence-electron chi connectivity index (χ0n) is 12.6. The van der Waals surface area contributed by atoms with Crippen LogP contribution in [0.25, 0.3) is 0 Å². The van der Waals surface area contributed by atoms with Crippen LogP contribution in [0.1, 0.15) is 45.9 Å². The number of anilines is 2. The SMILES string of the molecule is CCCNc1cc(N(C)CC(C)O)nc(C(C)C)n1. The van der Waals surface area contributed by atoms with E-state index in [-0.39, 0.29) is 12.0 Å². The van der Waals surface area contributed by atoms with Crippen molar-refractivity contribution in [3.8, 4) is 0 Å². The Labute approximate surface area is 116 Å². The fraction of sp³-hybridized carbons (Fsp3) is 0.714. The van der Waals surface area contributed by atoms with Crippen molar-refractivity contribution in [1.29, 1.82) is 0 Å². The van der Waals surface area contributed by atoms with Gasteiger partial charge in [0, 0.05) is 32.1 Å². The van der Waals surface area contributed by atoms with E-state index in [0.29, 0.717) is 6.54 Å². The molecule has 1 aromatic rings. The molecule has 0 spiro atoms. The van der Waals surface area contributed by atoms with Gasteiger partial charge in [-0.2, -0.15) is 0 Å². The summed E-state index contributed by atoms with van der Waals surface area (Å²) < 4.78 is 0. The Morgan fingerprint density at radius 1 is 1.32 bits per heavy atom. The highest BCUT2D eigenvalue weighted by molar-refractivity contribution is 5.49. The Kier molecular flexibility index (Phi) is 6.02. The Morgan fingerprint density at radius 2 is 2.00 bits per heavy atom. The van der Waals surface area contributed by atoms with Gasteiger partial charge >= 0.3 is 0 Å². The van der Waals surface area contributed by atoms with Gasteiger partial charge in [0.1, 0.15) is 17.5 Å². The average Bonchev–Trinajstić information content (AvgIpc) is 2.35. The molecule has 0 aliphatic rings. The van der Waals surface area contributed by atoms with Crippen molar-refractivity contribution in [2.24, 2.45) is 0 Å². The third-order valence-electron chi connectivity index (χ3n) is 2.73. The van der Waals surface area contributed by atoms with Crippen molar-refractivity contribution >= 4 is 11.6 Å². The number of aliphatic hydroxyl groups is 1. The van der Waals surface area contributed by atoms with Gasteiger partial charge in [0.05, 0.1) is 6.10 Å². The van der Waals surface area contributed by atoms with Crippen molar-refractivity contribution in [3.05, 3.63) is 11.9 Å². The highest BCUT2D eigenvalue weighted by Crippen LogP contribution is 2.19. The molecular formula is C14H26N4O. The number of hydrogen-bond acceptors (Lipinski definition) is 5. The number of hydrogen-bond donors (Lipinski definition) is 2. The Morgan fingerprint density at radius 3 is 2.53 bits per heavy atom. The lowest BCUT2D eigenvalue weighted by atomic mass is 10.2. The summed E-state index contributed by atoms with van der Waals surface area (Å²) in [5.74, 6) is 2.81. The molecule has 0 aromatic carbocycles. The number of nitrogens with one attached hydrogen (secondary N) is 1. The van der Waals surface area contributed by atoms with Crippen molar-refractivity contribution in [1.82, 2.24) is 9.97 Å². The molecule has 108 valence electrons. The predicted molar refractivity (Wildman–Crippen MR) is 79.9 cm³/mol. The van der Waals surface area contributed by atoms with Gasteiger partial charge in [0.2, 0.25) is 0 Å². The Balaban J connectivity index is 2.98. The summed E-state index contributed by atoms with van der Waals surface area (Å²) in [6, 6.07) is 1.93. The molecule has 2 N–H and O–H groups in total. The molecule has 0 aliphatic heterocycles. The monoisotopic (exact) mass is 266 g/mol. The first kappa shape index (κ1) is 15.7. The van der Waals surface area contributed by atoms with Crippen LogP contribution in [0, 0.1) is 0 Å². The van der Waals surface area contributed by atoms with Gasteiger partial charge in [0.25, 0.3) is 0 Å². The van der Waals surface area contributed by atoms with E-state index in [0.717, 1.165) is 30.4 Å². The summed E-state index contributed by atoms with van der Waals surface area (Å²) in [6.45, 7) is 9.51. The van der Waals surface area contributed by atoms with Crippen LogP contribution >= 0.6 is 0 Å². The average molecular weight is 266 g/mol. The third kappa shape index (κ3) is 5.03. The highest BCUT2D eigenvalue weighted by Gasteiger charge is 2.12. The minimum absolute atomic E-state index is 0.280. The second kappa shape index (κ2) is 7.28. The highest BCUT2D eigenvalue weighted by atomic mass is 16.3. The maximum Gasteiger partial charge on any atom is 0.135 e. The van der Waals surface area contributed by atoms with Crippen LogP contribution in [-0.2, 0) is 0 Å². The molecule has 1 rings (SSSR count). The summed E-state index contributed by atoms with van der Waals surface area (Å²) in [4.78, 5) is 11.0. The molecule has 0 amide bonds. The van der Waals surface area contributed by atoms with Gasteiger partial charge < -0.3 is 15.3 Å². The largest absolute Gasteiger partial charge is 0.392 e. The van der Waals surface area contributed by atoms with E-state index in [4.69, 9.17) is 0 Å². The van der Waals surface area contributed by atoms with Crippen LogP contribution in [0.4, 0.5) is 11.6 Å². The lowest BCUT2D eigenvalue weighted by molar-refractivity contribution is 0.201. The molecule has 0 bridgehead atoms. The van der Waals surface area contributed by atoms with Crippen molar-refractivity contribution in [3.63, 3.8) is 0 Å². The second-order valence-electron chi connectivity index (χ2n) is 5.28. The number of rotatable bonds is 7. The minimum atomic E-state index is -0.380. The zero-order chi connectivity index (χ0) is 14.4. The van der Waals surface area contributed by atoms with Gasteiger partial charge in [-0.25, -0.2) is 9.97 Å². The summed E-state index contributed by atoms with van der Waals surface area (Å²) in [5, 5.41) is 12.8. The molecule has 0 saturated carbocycles. The summed E-state index contributed by atoms with van der Waals surface area (Å²) in [6.07, 6.45) is 0.675. The molecule has 1 atom stereocenters. The van der Waals surface area contributed by atoms with Crippen molar-refractivity contribution in [2.45, 2.75) is 46.1 Å². The molecule has 0 radical (unpaired) electrons. The third-order valence-corrected chi connectivity index (χ3v) is 2.73. The zero-order valence-corrected chi connectivity index (χ0v) is 12.6. The molecule has 1 aromatic heterocycles. The van der Waals surface area contributed by atoms with Crippen LogP contribution in [-0.4, -0.2) is 41.3 Å². The van der Waals surface area contributed by atoms with Crippen LogP contribution in [0.2, 0.25) is 0 Å². The lowest BCUT2D eigenvalue weighted by Crippen LogP contribution is -2.28. The van der Waals surface area contributed by atoms with Crippen LogP contribution in [0.3, 0.4) is 0 Å². The van der Waals surface area contributed by atoms with Gasteiger partial charge in [-0.1, -0.05) is 20.8 Å². The first-order valence-electron chi connectivity index (χ1n) is 6.96. The summed E-state index contributed by atoms with van der Waals surface area (Å²) in [5.41, 5.74) is 0. The molecule has 0 saturated heterocycles. The maximum absolute atomic E-state index is 9.47. The quantitative estimate of drug-likeness (QED) is 0.792. The van der Waals surface area contributed by atoms with E-state index in [2.05, 4.69) is 36.1 Å². The number of aromatic nitrogens is 2. The molecule has 0 fully saturated rings. The molecule has 19 heavy (non-hydrogen) atoms. The van der Waals surface area contributed by atoms with Crippen molar-refractivity contribution < 1.29 is 5.11 Å². The second-order valence-corrected chi connectivity index (χ2v) is 5.28. The predicted octanol–water partition coefficient (Wildman–Crippen LogP) is 2.24. The minimum Gasteiger partial charge on any atom is -0.392 e. The van der Waals surface area contributed by atoms with Gasteiger partial charge in [-0.15, -0.1) is 0 Å². The van der Waals surface area contributed by atoms with Crippen LogP contribution < -0.4 is 10.2 Å². The first-order valence-corrected chi connectivity index (χ1v) is 6.96. The fourth-order valence-corrected chi connectivity index (χ4v) is 1.74. The molecule has 0 aliphatic carbocycles. The number of aliphatic hydroxyl groups excluding tert-OH is 1. The number of nitrogens with zero attached hydrogens (tertiary/aromatic N) is 3. The standard InChI is InChI=1S/C14H26N4O/c1-6-7-15-12-8-13(18(5)9-11(4)19)17-14(16-12)10(2)3/h8,10-11,19H,6-7,9H2,1-5H3,(H,15,16,17). The maximum atomic E-state index is 9.47. The Bertz CT molecular complexity index is 393. The number of likely N-dealkylation sites (N-methyl/N-ethyl adjacent to an activating group) is 1. The molecule has 1 unspecified atom stereocenters. The van der Waals surface area contributed by atoms with E-state index < -0.39 is 0 Å². The Hall–Kier alpha value is -1.36. The van der Waals surface area contributed by atoms with Crippen molar-refractivity contribution in [2.75, 3.05) is 30.4 Å². The van der Waals surface area contributed by atoms with Crippen LogP contribution in [0.5, 0.6) is 0 Å². The lowest BCUT2D eigenvalue weighted by Gasteiger charge is -2.21. The van der Waals surface area contributed by atoms with E-state index in [1.54, 1.807) is 6.92 Å². The topological polar surface area (TPSA) is 61.3 Å². The van der Waals surface area contributed by atoms with E-state index in [1.165, 1.54) is 0 Å². The van der Waals surface area contributed by atoms with E-state index in [9.17, 15) is 5.11 Å². The van der Waals surface area contributed by atoms with E-state index in [1.807, 2.05) is 18.0 Å². The molecule has 5 nitrogen and oxygen atoms in total.